The van der Waals surface area contributed by atoms with Crippen LogP contribution in [0.5, 0.6) is 0 Å². The first kappa shape index (κ1) is 7.97. The summed E-state index contributed by atoms with van der Waals surface area (Å²) in [6, 6.07) is 10.7. The number of rotatable bonds is 2. The monoisotopic (exact) mass is 176 g/mol. The lowest BCUT2D eigenvalue weighted by atomic mass is 10.4. The Balaban J connectivity index is 2.75. The second kappa shape index (κ2) is 3.90. The van der Waals surface area contributed by atoms with Crippen LogP contribution in [-0.2, 0) is 0 Å². The van der Waals surface area contributed by atoms with Crippen LogP contribution >= 0.6 is 0 Å². The van der Waals surface area contributed by atoms with E-state index in [2.05, 4.69) is 46.6 Å². The molecule has 0 amide bonds. The van der Waals surface area contributed by atoms with E-state index in [4.69, 9.17) is 0 Å². The van der Waals surface area contributed by atoms with Gasteiger partial charge in [0.25, 0.3) is 0 Å². The van der Waals surface area contributed by atoms with Crippen molar-refractivity contribution >= 4 is 31.8 Å². The summed E-state index contributed by atoms with van der Waals surface area (Å²) in [4.78, 5) is 0. The van der Waals surface area contributed by atoms with Gasteiger partial charge in [0, 0.05) is 18.3 Å². The lowest BCUT2D eigenvalue weighted by Crippen LogP contribution is -2.33. The van der Waals surface area contributed by atoms with Crippen LogP contribution in [0, 0.1) is 0 Å². The molecule has 0 saturated carbocycles. The zero-order valence-electron chi connectivity index (χ0n) is 5.89. The van der Waals surface area contributed by atoms with Crippen molar-refractivity contribution in [3.63, 3.8) is 0 Å². The summed E-state index contributed by atoms with van der Waals surface area (Å²) in [6.07, 6.45) is 0. The highest BCUT2D eigenvalue weighted by Gasteiger charge is 2.02. The van der Waals surface area contributed by atoms with Gasteiger partial charge in [-0.05, 0) is 0 Å². The van der Waals surface area contributed by atoms with Gasteiger partial charge in [-0.25, -0.2) is 0 Å². The van der Waals surface area contributed by atoms with Crippen molar-refractivity contribution in [2.45, 2.75) is 6.55 Å². The lowest BCUT2D eigenvalue weighted by Gasteiger charge is -2.03. The highest BCUT2D eigenvalue weighted by molar-refractivity contribution is 7.35. The maximum absolute atomic E-state index is 3.57. The number of hydrogen-bond acceptors (Lipinski definition) is 0. The molecule has 0 heterocycles. The van der Waals surface area contributed by atoms with Gasteiger partial charge in [0.1, 0.15) is 0 Å². The van der Waals surface area contributed by atoms with Crippen molar-refractivity contribution in [1.82, 2.24) is 0 Å². The van der Waals surface area contributed by atoms with E-state index >= 15 is 0 Å². The molecule has 6 radical (unpaired) electrons. The zero-order chi connectivity index (χ0) is 7.40. The fourth-order valence-electron chi connectivity index (χ4n) is 0.760. The van der Waals surface area contributed by atoms with Crippen molar-refractivity contribution < 1.29 is 0 Å². The predicted octanol–water partition coefficient (Wildman–Crippen LogP) is 0.303. The Kier molecular flexibility index (Phi) is 3.11. The van der Waals surface area contributed by atoms with Crippen molar-refractivity contribution in [2.75, 3.05) is 0 Å². The SMILES string of the molecule is C[Si]([Si][Si])c1ccccc1. The quantitative estimate of drug-likeness (QED) is 0.569. The molecule has 0 saturated heterocycles. The van der Waals surface area contributed by atoms with Crippen molar-refractivity contribution in [3.8, 4) is 0 Å². The molecule has 0 fully saturated rings. The molecular weight excluding hydrogens is 168 g/mol. The van der Waals surface area contributed by atoms with Crippen LogP contribution in [0.25, 0.3) is 0 Å². The van der Waals surface area contributed by atoms with Crippen LogP contribution in [0.1, 0.15) is 0 Å². The molecule has 0 unspecified atom stereocenters. The molecule has 0 atom stereocenters. The van der Waals surface area contributed by atoms with E-state index in [9.17, 15) is 0 Å². The van der Waals surface area contributed by atoms with Gasteiger partial charge >= 0.3 is 0 Å². The summed E-state index contributed by atoms with van der Waals surface area (Å²) < 4.78 is 0. The average molecular weight is 176 g/mol. The molecule has 3 heteroatoms. The molecule has 0 nitrogen and oxygen atoms in total. The first-order valence-corrected chi connectivity index (χ1v) is 8.66. The third kappa shape index (κ3) is 1.93. The highest BCUT2D eigenvalue weighted by atomic mass is 29.5. The summed E-state index contributed by atoms with van der Waals surface area (Å²) >= 11 is 0. The van der Waals surface area contributed by atoms with Crippen LogP contribution in [0.15, 0.2) is 30.3 Å². The normalized spacial score (nSPS) is 10.3. The maximum atomic E-state index is 3.57. The molecule has 0 N–H and O–H groups in total. The van der Waals surface area contributed by atoms with Crippen molar-refractivity contribution in [3.05, 3.63) is 30.3 Å². The largest absolute Gasteiger partial charge is 0.0696 e. The summed E-state index contributed by atoms with van der Waals surface area (Å²) in [5, 5.41) is 1.51. The van der Waals surface area contributed by atoms with Crippen LogP contribution in [0.2, 0.25) is 6.55 Å². The zero-order valence-corrected chi connectivity index (χ0v) is 8.89. The Labute approximate surface area is 69.1 Å². The number of hydrogen-bond donors (Lipinski definition) is 0. The van der Waals surface area contributed by atoms with Gasteiger partial charge in [-0.1, -0.05) is 42.1 Å². The van der Waals surface area contributed by atoms with Gasteiger partial charge in [0.2, 0.25) is 0 Å². The standard InChI is InChI=1S/C7H8Si3/c1-10(9-8)7-5-3-2-4-6-7/h2-6H,1H3. The van der Waals surface area contributed by atoms with Crippen molar-refractivity contribution in [1.29, 1.82) is 0 Å². The third-order valence-electron chi connectivity index (χ3n) is 1.39. The molecule has 0 aromatic heterocycles. The molecule has 1 aromatic carbocycles. The van der Waals surface area contributed by atoms with E-state index in [1.165, 1.54) is 5.19 Å². The maximum Gasteiger partial charge on any atom is 0.0643 e. The Bertz CT molecular complexity index is 185. The van der Waals surface area contributed by atoms with Crippen molar-refractivity contribution in [2.24, 2.45) is 0 Å². The van der Waals surface area contributed by atoms with E-state index in [0.717, 1.165) is 8.55 Å². The first-order valence-electron chi connectivity index (χ1n) is 3.16. The van der Waals surface area contributed by atoms with Crippen LogP contribution in [-0.4, -0.2) is 26.6 Å². The van der Waals surface area contributed by atoms with Gasteiger partial charge in [-0.15, -0.1) is 0 Å². The van der Waals surface area contributed by atoms with E-state index in [0.29, 0.717) is 0 Å². The molecular formula is C7H8Si3. The Morgan fingerprint density at radius 1 is 1.30 bits per heavy atom. The average Bonchev–Trinajstić information content (AvgIpc) is 2.05. The van der Waals surface area contributed by atoms with Gasteiger partial charge < -0.3 is 0 Å². The molecule has 0 aliphatic rings. The predicted molar refractivity (Wildman–Crippen MR) is 49.2 cm³/mol. The Morgan fingerprint density at radius 3 is 2.40 bits per heavy atom. The van der Waals surface area contributed by atoms with Crippen LogP contribution < -0.4 is 5.19 Å². The van der Waals surface area contributed by atoms with Crippen LogP contribution in [0.4, 0.5) is 0 Å². The minimum Gasteiger partial charge on any atom is -0.0696 e. The Hall–Kier alpha value is -0.129. The van der Waals surface area contributed by atoms with Crippen LogP contribution in [0.3, 0.4) is 0 Å². The highest BCUT2D eigenvalue weighted by Crippen LogP contribution is 1.85. The lowest BCUT2D eigenvalue weighted by molar-refractivity contribution is 1.76. The minimum atomic E-state index is -0.265. The molecule has 0 aliphatic heterocycles. The van der Waals surface area contributed by atoms with Gasteiger partial charge in [0.05, 0.1) is 8.31 Å². The molecule has 10 heavy (non-hydrogen) atoms. The first-order chi connectivity index (χ1) is 4.84. The molecule has 48 valence electrons. The summed E-state index contributed by atoms with van der Waals surface area (Å²) in [5.41, 5.74) is 0. The minimum absolute atomic E-state index is 0.265. The topological polar surface area (TPSA) is 0 Å². The van der Waals surface area contributed by atoms with Gasteiger partial charge in [-0.2, -0.15) is 0 Å². The van der Waals surface area contributed by atoms with E-state index in [1.54, 1.807) is 0 Å². The summed E-state index contributed by atoms with van der Waals surface area (Å²) in [5.74, 6) is 0. The Morgan fingerprint density at radius 2 is 1.90 bits per heavy atom. The second-order valence-electron chi connectivity index (χ2n) is 2.12. The van der Waals surface area contributed by atoms with E-state index in [-0.39, 0.29) is 8.31 Å². The van der Waals surface area contributed by atoms with Gasteiger partial charge in [0.15, 0.2) is 0 Å². The molecule has 1 rings (SSSR count). The summed E-state index contributed by atoms with van der Waals surface area (Å²) in [6.45, 7) is 2.32. The fourth-order valence-corrected chi connectivity index (χ4v) is 3.83. The van der Waals surface area contributed by atoms with E-state index in [1.807, 2.05) is 0 Å². The smallest absolute Gasteiger partial charge is 0.0643 e. The summed E-state index contributed by atoms with van der Waals surface area (Å²) in [7, 11) is 4.22. The molecule has 0 spiro atoms. The fraction of sp³-hybridized carbons (Fsp3) is 0.143. The second-order valence-corrected chi connectivity index (χ2v) is 9.44. The number of benzene rings is 1. The molecule has 1 aromatic rings. The molecule has 0 bridgehead atoms. The molecule has 0 aliphatic carbocycles. The van der Waals surface area contributed by atoms with Gasteiger partial charge in [-0.3, -0.25) is 0 Å². The van der Waals surface area contributed by atoms with E-state index < -0.39 is 0 Å². The third-order valence-corrected chi connectivity index (χ3v) is 8.33.